The summed E-state index contributed by atoms with van der Waals surface area (Å²) in [5.74, 6) is 0.849. The van der Waals surface area contributed by atoms with Gasteiger partial charge in [-0.15, -0.1) is 0 Å². The van der Waals surface area contributed by atoms with Gasteiger partial charge >= 0.3 is 5.97 Å². The van der Waals surface area contributed by atoms with Crippen LogP contribution >= 0.6 is 11.8 Å². The number of methoxy groups -OCH3 is 1. The molecule has 198 valence electrons. The zero-order valence-corrected chi connectivity index (χ0v) is 23.1. The van der Waals surface area contributed by atoms with Crippen molar-refractivity contribution in [1.29, 1.82) is 0 Å². The van der Waals surface area contributed by atoms with Crippen molar-refractivity contribution in [2.24, 2.45) is 5.92 Å². The molecule has 1 fully saturated rings. The third-order valence-corrected chi connectivity index (χ3v) is 8.00. The number of carboxylic acids is 1. The number of carbonyl (C=O) groups is 1. The van der Waals surface area contributed by atoms with E-state index in [2.05, 4.69) is 53.5 Å². The monoisotopic (exact) mass is 512 g/mol. The van der Waals surface area contributed by atoms with E-state index < -0.39 is 12.0 Å². The van der Waals surface area contributed by atoms with Gasteiger partial charge in [-0.05, 0) is 73.1 Å². The van der Waals surface area contributed by atoms with Crippen molar-refractivity contribution in [1.82, 2.24) is 4.90 Å². The van der Waals surface area contributed by atoms with E-state index in [4.69, 9.17) is 4.74 Å². The van der Waals surface area contributed by atoms with Gasteiger partial charge in [-0.2, -0.15) is 11.8 Å². The first-order valence-electron chi connectivity index (χ1n) is 13.4. The fourth-order valence-corrected chi connectivity index (χ4v) is 5.66. The molecule has 0 aliphatic heterocycles. The number of aryl methyl sites for hydroxylation is 1. The molecule has 0 heterocycles. The van der Waals surface area contributed by atoms with Gasteiger partial charge in [0.1, 0.15) is 6.04 Å². The molecule has 2 aromatic rings. The topological polar surface area (TPSA) is 61.8 Å². The lowest BCUT2D eigenvalue weighted by molar-refractivity contribution is -0.137. The molecule has 0 bridgehead atoms. The third kappa shape index (κ3) is 8.82. The van der Waals surface area contributed by atoms with Crippen molar-refractivity contribution in [3.05, 3.63) is 53.6 Å². The fourth-order valence-electron chi connectivity index (χ4n) is 5.18. The number of hydrogen-bond donors (Lipinski definition) is 2. The molecule has 1 aliphatic rings. The second kappa shape index (κ2) is 15.3. The number of benzene rings is 2. The highest BCUT2D eigenvalue weighted by Crippen LogP contribution is 2.33. The van der Waals surface area contributed by atoms with Gasteiger partial charge in [-0.25, -0.2) is 4.79 Å². The molecule has 5 nitrogen and oxygen atoms in total. The van der Waals surface area contributed by atoms with Crippen LogP contribution in [0.15, 0.2) is 42.5 Å². The predicted molar refractivity (Wildman–Crippen MR) is 153 cm³/mol. The predicted octanol–water partition coefficient (Wildman–Crippen LogP) is 6.70. The lowest BCUT2D eigenvalue weighted by Gasteiger charge is -2.27. The Hall–Kier alpha value is -2.02. The maximum Gasteiger partial charge on any atom is 0.326 e. The zero-order chi connectivity index (χ0) is 25.8. The minimum Gasteiger partial charge on any atom is -0.480 e. The Bertz CT molecular complexity index is 946. The molecule has 0 saturated heterocycles. The van der Waals surface area contributed by atoms with Crippen molar-refractivity contribution in [2.75, 3.05) is 44.1 Å². The number of hydrogen-bond acceptors (Lipinski definition) is 5. The zero-order valence-electron chi connectivity index (χ0n) is 22.3. The van der Waals surface area contributed by atoms with Crippen molar-refractivity contribution in [2.45, 2.75) is 64.5 Å². The summed E-state index contributed by atoms with van der Waals surface area (Å²) in [6.07, 6.45) is 10.7. The molecule has 3 rings (SSSR count). The van der Waals surface area contributed by atoms with Crippen LogP contribution < -0.4 is 5.32 Å². The van der Waals surface area contributed by atoms with Gasteiger partial charge in [0.25, 0.3) is 0 Å². The summed E-state index contributed by atoms with van der Waals surface area (Å²) in [6.45, 7) is 5.71. The van der Waals surface area contributed by atoms with Crippen molar-refractivity contribution >= 4 is 23.4 Å². The summed E-state index contributed by atoms with van der Waals surface area (Å²) >= 11 is 1.67. The second-order valence-corrected chi connectivity index (χ2v) is 11.1. The average Bonchev–Trinajstić information content (AvgIpc) is 2.89. The molecule has 0 amide bonds. The Labute approximate surface area is 222 Å². The van der Waals surface area contributed by atoms with E-state index in [0.717, 1.165) is 54.7 Å². The Kier molecular flexibility index (Phi) is 12.1. The Morgan fingerprint density at radius 2 is 1.92 bits per heavy atom. The summed E-state index contributed by atoms with van der Waals surface area (Å²) in [4.78, 5) is 14.5. The van der Waals surface area contributed by atoms with Gasteiger partial charge in [0.05, 0.1) is 6.61 Å². The maximum atomic E-state index is 11.9. The van der Waals surface area contributed by atoms with E-state index in [1.54, 1.807) is 18.9 Å². The van der Waals surface area contributed by atoms with Gasteiger partial charge in [0.2, 0.25) is 0 Å². The van der Waals surface area contributed by atoms with Crippen LogP contribution in [0.5, 0.6) is 0 Å². The molecular weight excluding hydrogens is 468 g/mol. The van der Waals surface area contributed by atoms with Crippen molar-refractivity contribution in [3.63, 3.8) is 0 Å². The van der Waals surface area contributed by atoms with Crippen LogP contribution in [-0.2, 0) is 16.1 Å². The van der Waals surface area contributed by atoms with E-state index in [0.29, 0.717) is 6.42 Å². The van der Waals surface area contributed by atoms with Gasteiger partial charge in [0.15, 0.2) is 0 Å². The molecule has 0 unspecified atom stereocenters. The number of aliphatic carboxylic acids is 1. The lowest BCUT2D eigenvalue weighted by atomic mass is 9.87. The fraction of sp³-hybridized carbons (Fsp3) is 0.567. The first-order valence-corrected chi connectivity index (χ1v) is 14.8. The number of nitrogens with zero attached hydrogens (tertiary/aromatic N) is 1. The molecule has 0 radical (unpaired) electrons. The van der Waals surface area contributed by atoms with Gasteiger partial charge in [-0.1, -0.05) is 62.4 Å². The Morgan fingerprint density at radius 1 is 1.14 bits per heavy atom. The molecule has 1 atom stereocenters. The van der Waals surface area contributed by atoms with Crippen LogP contribution in [-0.4, -0.2) is 60.8 Å². The van der Waals surface area contributed by atoms with Gasteiger partial charge in [-0.3, -0.25) is 4.90 Å². The molecule has 2 N–H and O–H groups in total. The van der Waals surface area contributed by atoms with E-state index >= 15 is 0 Å². The minimum absolute atomic E-state index is 0.581. The summed E-state index contributed by atoms with van der Waals surface area (Å²) in [5.41, 5.74) is 5.52. The molecule has 1 saturated carbocycles. The number of nitrogens with one attached hydrogen (secondary N) is 1. The van der Waals surface area contributed by atoms with Crippen molar-refractivity contribution in [3.8, 4) is 11.1 Å². The van der Waals surface area contributed by atoms with E-state index in [1.165, 1.54) is 49.7 Å². The van der Waals surface area contributed by atoms with Gasteiger partial charge < -0.3 is 15.2 Å². The molecule has 0 aromatic heterocycles. The number of thioether (sulfide) groups is 1. The van der Waals surface area contributed by atoms with Crippen LogP contribution in [0, 0.1) is 12.8 Å². The molecule has 6 heteroatoms. The lowest BCUT2D eigenvalue weighted by Crippen LogP contribution is -2.30. The summed E-state index contributed by atoms with van der Waals surface area (Å²) in [7, 11) is 1.77. The van der Waals surface area contributed by atoms with Gasteiger partial charge in [0, 0.05) is 31.5 Å². The first kappa shape index (κ1) is 28.5. The molecule has 0 spiro atoms. The number of carboxylic acid groups (broad SMARTS) is 1. The number of rotatable bonds is 15. The van der Waals surface area contributed by atoms with E-state index in [9.17, 15) is 9.90 Å². The molecule has 36 heavy (non-hydrogen) atoms. The van der Waals surface area contributed by atoms with Crippen LogP contribution in [0.25, 0.3) is 11.1 Å². The highest BCUT2D eigenvalue weighted by Gasteiger charge is 2.20. The molecule has 2 aromatic carbocycles. The molecule has 1 aliphatic carbocycles. The average molecular weight is 513 g/mol. The van der Waals surface area contributed by atoms with E-state index in [1.807, 2.05) is 12.3 Å². The van der Waals surface area contributed by atoms with E-state index in [-0.39, 0.29) is 0 Å². The third-order valence-electron chi connectivity index (χ3n) is 7.35. The normalized spacial score (nSPS) is 15.2. The maximum absolute atomic E-state index is 11.9. The van der Waals surface area contributed by atoms with Crippen LogP contribution in [0.3, 0.4) is 0 Å². The largest absolute Gasteiger partial charge is 0.480 e. The number of anilines is 1. The van der Waals surface area contributed by atoms with Crippen LogP contribution in [0.4, 0.5) is 5.69 Å². The standard InChI is InChI=1S/C30H44N2O3S/c1-23-9-7-8-12-26(23)27-21-25(13-14-28(27)31-29(30(33)34)16-20-36-3)22-32(18-19-35-2)17-15-24-10-5-4-6-11-24/h7-9,12-14,21,24,29,31H,4-6,10-11,15-20,22H2,1-3H3,(H,33,34)/t29-/m0/s1. The Balaban J connectivity index is 1.83. The molecular formula is C30H44N2O3S. The highest BCUT2D eigenvalue weighted by atomic mass is 32.2. The smallest absolute Gasteiger partial charge is 0.326 e. The van der Waals surface area contributed by atoms with Crippen LogP contribution in [0.2, 0.25) is 0 Å². The van der Waals surface area contributed by atoms with Crippen molar-refractivity contribution < 1.29 is 14.6 Å². The quantitative estimate of drug-likeness (QED) is 0.277. The number of ether oxygens (including phenoxy) is 1. The first-order chi connectivity index (χ1) is 17.5. The summed E-state index contributed by atoms with van der Waals surface area (Å²) in [6, 6.07) is 14.2. The summed E-state index contributed by atoms with van der Waals surface area (Å²) < 4.78 is 5.42. The summed E-state index contributed by atoms with van der Waals surface area (Å²) in [5, 5.41) is 13.2. The minimum atomic E-state index is -0.808. The Morgan fingerprint density at radius 3 is 2.61 bits per heavy atom. The SMILES string of the molecule is COCCN(CCC1CCCCC1)Cc1ccc(N[C@@H](CCSC)C(=O)O)c(-c2ccccc2C)c1. The van der Waals surface area contributed by atoms with Crippen LogP contribution in [0.1, 0.15) is 56.1 Å². The second-order valence-electron chi connectivity index (χ2n) is 10.1. The highest BCUT2D eigenvalue weighted by molar-refractivity contribution is 7.98.